The number of hydrogen-bond acceptors (Lipinski definition) is 3. The number of aliphatic hydroxyl groups is 1. The Kier molecular flexibility index (Phi) is 3.76. The van der Waals surface area contributed by atoms with Crippen molar-refractivity contribution in [1.82, 2.24) is 10.6 Å². The highest BCUT2D eigenvalue weighted by molar-refractivity contribution is 5.75. The molecule has 5 heteroatoms. The molecular weight excluding hydrogens is 268 g/mol. The molecule has 0 saturated heterocycles. The summed E-state index contributed by atoms with van der Waals surface area (Å²) in [5.41, 5.74) is 1.72. The van der Waals surface area contributed by atoms with Gasteiger partial charge in [-0.25, -0.2) is 4.79 Å². The van der Waals surface area contributed by atoms with Crippen molar-refractivity contribution in [2.45, 2.75) is 44.2 Å². The van der Waals surface area contributed by atoms with Gasteiger partial charge in [0.2, 0.25) is 0 Å². The van der Waals surface area contributed by atoms with Crippen LogP contribution in [-0.4, -0.2) is 29.9 Å². The molecule has 1 aromatic carbocycles. The molecule has 114 valence electrons. The van der Waals surface area contributed by atoms with Gasteiger partial charge in [-0.2, -0.15) is 0 Å². The predicted molar refractivity (Wildman–Crippen MR) is 79.4 cm³/mol. The zero-order chi connectivity index (χ0) is 14.9. The number of aliphatic hydroxyl groups excluding tert-OH is 1. The fourth-order valence-corrected chi connectivity index (χ4v) is 3.26. The van der Waals surface area contributed by atoms with Crippen molar-refractivity contribution in [2.24, 2.45) is 0 Å². The molecule has 1 saturated carbocycles. The summed E-state index contributed by atoms with van der Waals surface area (Å²) in [7, 11) is 0. The number of rotatable bonds is 3. The first-order valence-corrected chi connectivity index (χ1v) is 7.55. The minimum Gasteiger partial charge on any atom is -0.491 e. The molecule has 1 unspecified atom stereocenters. The Labute approximate surface area is 124 Å². The van der Waals surface area contributed by atoms with E-state index in [-0.39, 0.29) is 18.7 Å². The van der Waals surface area contributed by atoms with Crippen LogP contribution < -0.4 is 15.4 Å². The Morgan fingerprint density at radius 2 is 2.19 bits per heavy atom. The molecule has 2 aliphatic rings. The van der Waals surface area contributed by atoms with Crippen LogP contribution in [0.5, 0.6) is 5.75 Å². The summed E-state index contributed by atoms with van der Waals surface area (Å²) >= 11 is 0. The van der Waals surface area contributed by atoms with Crippen LogP contribution in [0.1, 0.15) is 42.9 Å². The van der Waals surface area contributed by atoms with E-state index in [1.54, 1.807) is 0 Å². The van der Waals surface area contributed by atoms with E-state index in [4.69, 9.17) is 4.74 Å². The smallest absolute Gasteiger partial charge is 0.315 e. The van der Waals surface area contributed by atoms with Gasteiger partial charge >= 0.3 is 6.03 Å². The van der Waals surface area contributed by atoms with Crippen molar-refractivity contribution < 1.29 is 14.6 Å². The molecule has 1 heterocycles. The molecule has 21 heavy (non-hydrogen) atoms. The molecule has 0 spiro atoms. The van der Waals surface area contributed by atoms with Gasteiger partial charge in [0.25, 0.3) is 0 Å². The first-order chi connectivity index (χ1) is 10.1. The van der Waals surface area contributed by atoms with Crippen LogP contribution in [0.4, 0.5) is 4.79 Å². The maximum absolute atomic E-state index is 12.2. The number of amides is 2. The summed E-state index contributed by atoms with van der Waals surface area (Å²) in [6, 6.07) is 5.63. The topological polar surface area (TPSA) is 70.6 Å². The largest absolute Gasteiger partial charge is 0.491 e. The number of carbonyl (C=O) groups excluding carboxylic acids is 1. The van der Waals surface area contributed by atoms with Crippen LogP contribution >= 0.6 is 0 Å². The maximum Gasteiger partial charge on any atom is 0.315 e. The number of urea groups is 1. The lowest BCUT2D eigenvalue weighted by Crippen LogP contribution is -2.53. The van der Waals surface area contributed by atoms with E-state index in [1.807, 2.05) is 25.1 Å². The highest BCUT2D eigenvalue weighted by Crippen LogP contribution is 2.33. The first-order valence-electron chi connectivity index (χ1n) is 7.55. The monoisotopic (exact) mass is 290 g/mol. The number of ether oxygens (including phenoxy) is 1. The third-order valence-electron chi connectivity index (χ3n) is 4.49. The maximum atomic E-state index is 12.2. The lowest BCUT2D eigenvalue weighted by atomic mass is 9.99. The molecule has 5 nitrogen and oxygen atoms in total. The molecule has 1 atom stereocenters. The molecule has 1 fully saturated rings. The van der Waals surface area contributed by atoms with E-state index < -0.39 is 5.54 Å². The van der Waals surface area contributed by atoms with Crippen LogP contribution in [0.15, 0.2) is 18.2 Å². The fourth-order valence-electron chi connectivity index (χ4n) is 3.26. The van der Waals surface area contributed by atoms with Crippen LogP contribution in [0.3, 0.4) is 0 Å². The van der Waals surface area contributed by atoms with Crippen molar-refractivity contribution in [3.8, 4) is 5.75 Å². The van der Waals surface area contributed by atoms with Crippen LogP contribution in [0, 0.1) is 6.92 Å². The second-order valence-corrected chi connectivity index (χ2v) is 6.15. The molecule has 1 aliphatic carbocycles. The number of hydrogen-bond donors (Lipinski definition) is 3. The molecule has 0 bridgehead atoms. The summed E-state index contributed by atoms with van der Waals surface area (Å²) in [4.78, 5) is 12.2. The third-order valence-corrected chi connectivity index (χ3v) is 4.49. The summed E-state index contributed by atoms with van der Waals surface area (Å²) in [6.45, 7) is 2.48. The highest BCUT2D eigenvalue weighted by atomic mass is 16.5. The summed E-state index contributed by atoms with van der Waals surface area (Å²) in [6.07, 6.45) is 3.78. The molecule has 0 aromatic heterocycles. The highest BCUT2D eigenvalue weighted by Gasteiger charge is 2.35. The Morgan fingerprint density at radius 3 is 2.90 bits per heavy atom. The number of nitrogens with one attached hydrogen (secondary N) is 2. The van der Waals surface area contributed by atoms with Crippen molar-refractivity contribution in [3.63, 3.8) is 0 Å². The number of benzene rings is 1. The van der Waals surface area contributed by atoms with E-state index in [2.05, 4.69) is 10.6 Å². The molecular formula is C16H22N2O3. The van der Waals surface area contributed by atoms with Crippen molar-refractivity contribution in [3.05, 3.63) is 29.3 Å². The molecule has 1 aliphatic heterocycles. The Bertz CT molecular complexity index is 538. The van der Waals surface area contributed by atoms with Crippen molar-refractivity contribution >= 4 is 6.03 Å². The van der Waals surface area contributed by atoms with Gasteiger partial charge in [0.1, 0.15) is 12.4 Å². The van der Waals surface area contributed by atoms with Crippen LogP contribution in [0.2, 0.25) is 0 Å². The van der Waals surface area contributed by atoms with Gasteiger partial charge in [0.05, 0.1) is 18.2 Å². The van der Waals surface area contributed by atoms with Gasteiger partial charge in [0, 0.05) is 5.56 Å². The van der Waals surface area contributed by atoms with Gasteiger partial charge in [-0.15, -0.1) is 0 Å². The average Bonchev–Trinajstić information content (AvgIpc) is 3.07. The second kappa shape index (κ2) is 5.56. The predicted octanol–water partition coefficient (Wildman–Crippen LogP) is 2.03. The normalized spacial score (nSPS) is 22.5. The standard InChI is InChI=1S/C16H22N2O3/c1-11-4-5-14-12(8-11)13(9-21-14)17-15(20)18-16(10-19)6-2-3-7-16/h4-5,8,13,19H,2-3,6-7,9-10H2,1H3,(H2,17,18,20). The lowest BCUT2D eigenvalue weighted by molar-refractivity contribution is 0.160. The minimum atomic E-state index is -0.445. The molecule has 3 N–H and O–H groups in total. The Morgan fingerprint density at radius 1 is 1.43 bits per heavy atom. The molecule has 0 radical (unpaired) electrons. The lowest BCUT2D eigenvalue weighted by Gasteiger charge is -2.28. The molecule has 3 rings (SSSR count). The van der Waals surface area contributed by atoms with Crippen LogP contribution in [-0.2, 0) is 0 Å². The van der Waals surface area contributed by atoms with E-state index in [0.29, 0.717) is 6.61 Å². The summed E-state index contributed by atoms with van der Waals surface area (Å²) < 4.78 is 5.60. The van der Waals surface area contributed by atoms with Crippen LogP contribution in [0.25, 0.3) is 0 Å². The Hall–Kier alpha value is -1.75. The average molecular weight is 290 g/mol. The first kappa shape index (κ1) is 14.2. The van der Waals surface area contributed by atoms with E-state index in [0.717, 1.165) is 42.6 Å². The summed E-state index contributed by atoms with van der Waals surface area (Å²) in [5.74, 6) is 0.837. The van der Waals surface area contributed by atoms with Crippen molar-refractivity contribution in [2.75, 3.05) is 13.2 Å². The molecule has 1 aromatic rings. The second-order valence-electron chi connectivity index (χ2n) is 6.15. The van der Waals surface area contributed by atoms with Gasteiger partial charge in [0.15, 0.2) is 0 Å². The third kappa shape index (κ3) is 2.83. The quantitative estimate of drug-likeness (QED) is 0.797. The van der Waals surface area contributed by atoms with Gasteiger partial charge < -0.3 is 20.5 Å². The fraction of sp³-hybridized carbons (Fsp3) is 0.562. The number of fused-ring (bicyclic) bond motifs is 1. The Balaban J connectivity index is 1.65. The van der Waals surface area contributed by atoms with E-state index in [9.17, 15) is 9.90 Å². The van der Waals surface area contributed by atoms with Gasteiger partial charge in [-0.3, -0.25) is 0 Å². The minimum absolute atomic E-state index is 0.00270. The van der Waals surface area contributed by atoms with E-state index >= 15 is 0 Å². The molecule has 2 amide bonds. The van der Waals surface area contributed by atoms with Crippen molar-refractivity contribution in [1.29, 1.82) is 0 Å². The zero-order valence-corrected chi connectivity index (χ0v) is 12.3. The zero-order valence-electron chi connectivity index (χ0n) is 12.3. The van der Waals surface area contributed by atoms with E-state index in [1.165, 1.54) is 0 Å². The number of aryl methyl sites for hydroxylation is 1. The number of carbonyl (C=O) groups is 1. The van der Waals surface area contributed by atoms with Gasteiger partial charge in [-0.1, -0.05) is 30.5 Å². The SMILES string of the molecule is Cc1ccc2c(c1)C(NC(=O)NC1(CO)CCCC1)CO2. The summed E-state index contributed by atoms with van der Waals surface area (Å²) in [5, 5.41) is 15.5. The van der Waals surface area contributed by atoms with Gasteiger partial charge in [-0.05, 0) is 25.8 Å².